The zero-order chi connectivity index (χ0) is 12.8. The van der Waals surface area contributed by atoms with Crippen LogP contribution < -0.4 is 0 Å². The van der Waals surface area contributed by atoms with Crippen molar-refractivity contribution >= 4 is 6.09 Å². The number of benzene rings is 1. The summed E-state index contributed by atoms with van der Waals surface area (Å²) < 4.78 is 5.34. The number of likely N-dealkylation sites (tertiary alicyclic amines) is 1. The van der Waals surface area contributed by atoms with E-state index in [-0.39, 0.29) is 6.09 Å². The molecule has 2 fully saturated rings. The first kappa shape index (κ1) is 11.6. The average molecular weight is 245 g/mol. The lowest BCUT2D eigenvalue weighted by atomic mass is 10.1. The van der Waals surface area contributed by atoms with Crippen molar-refractivity contribution in [2.45, 2.75) is 20.5 Å². The summed E-state index contributed by atoms with van der Waals surface area (Å²) in [5.74, 6) is 1.36. The Morgan fingerprint density at radius 1 is 1.28 bits per heavy atom. The van der Waals surface area contributed by atoms with Crippen LogP contribution in [-0.2, 0) is 11.3 Å². The van der Waals surface area contributed by atoms with Gasteiger partial charge in [-0.15, -0.1) is 0 Å². The van der Waals surface area contributed by atoms with Crippen molar-refractivity contribution in [1.82, 2.24) is 4.90 Å². The third-order valence-electron chi connectivity index (χ3n) is 4.59. The van der Waals surface area contributed by atoms with Crippen LogP contribution in [0.15, 0.2) is 30.3 Å². The van der Waals surface area contributed by atoms with E-state index >= 15 is 0 Å². The Morgan fingerprint density at radius 2 is 1.89 bits per heavy atom. The molecular formula is C15H19NO2. The molecule has 0 aromatic heterocycles. The molecule has 3 rings (SSSR count). The van der Waals surface area contributed by atoms with Crippen molar-refractivity contribution in [3.63, 3.8) is 0 Å². The third-order valence-corrected chi connectivity index (χ3v) is 4.59. The highest BCUT2D eigenvalue weighted by Gasteiger charge is 2.62. The molecule has 96 valence electrons. The van der Waals surface area contributed by atoms with E-state index in [2.05, 4.69) is 13.8 Å². The molecule has 1 saturated heterocycles. The zero-order valence-electron chi connectivity index (χ0n) is 10.9. The summed E-state index contributed by atoms with van der Waals surface area (Å²) in [6.07, 6.45) is -0.165. The van der Waals surface area contributed by atoms with E-state index in [0.29, 0.717) is 23.9 Å². The number of piperidine rings is 1. The summed E-state index contributed by atoms with van der Waals surface area (Å²) in [7, 11) is 0. The average Bonchev–Trinajstić information content (AvgIpc) is 2.78. The largest absolute Gasteiger partial charge is 0.445 e. The number of carbonyl (C=O) groups excluding carboxylic acids is 1. The topological polar surface area (TPSA) is 29.5 Å². The van der Waals surface area contributed by atoms with Crippen LogP contribution in [0.3, 0.4) is 0 Å². The molecule has 1 aromatic carbocycles. The maximum atomic E-state index is 11.9. The lowest BCUT2D eigenvalue weighted by Gasteiger charge is -2.21. The van der Waals surface area contributed by atoms with Crippen LogP contribution in [0.5, 0.6) is 0 Å². The molecule has 1 heterocycles. The van der Waals surface area contributed by atoms with Crippen LogP contribution in [0.1, 0.15) is 19.4 Å². The lowest BCUT2D eigenvalue weighted by Crippen LogP contribution is -2.33. The third kappa shape index (κ3) is 1.88. The Balaban J connectivity index is 1.49. The number of hydrogen-bond acceptors (Lipinski definition) is 2. The van der Waals surface area contributed by atoms with E-state index in [1.807, 2.05) is 35.2 Å². The molecule has 1 saturated carbocycles. The highest BCUT2D eigenvalue weighted by molar-refractivity contribution is 5.68. The molecule has 0 radical (unpaired) electrons. The van der Waals surface area contributed by atoms with Crippen molar-refractivity contribution in [3.05, 3.63) is 35.9 Å². The van der Waals surface area contributed by atoms with Crippen LogP contribution in [-0.4, -0.2) is 24.1 Å². The fourth-order valence-electron chi connectivity index (χ4n) is 3.09. The fourth-order valence-corrected chi connectivity index (χ4v) is 3.09. The molecule has 3 heteroatoms. The first-order valence-electron chi connectivity index (χ1n) is 6.54. The second kappa shape index (κ2) is 4.01. The highest BCUT2D eigenvalue weighted by Crippen LogP contribution is 2.61. The van der Waals surface area contributed by atoms with Gasteiger partial charge in [0.1, 0.15) is 6.61 Å². The Kier molecular flexibility index (Phi) is 2.58. The Hall–Kier alpha value is -1.51. The standard InChI is InChI=1S/C15H19NO2/c1-15(2)12-8-16(9-13(12)15)14(17)18-10-11-6-4-3-5-7-11/h3-7,12-13H,8-10H2,1-2H3. The van der Waals surface area contributed by atoms with Gasteiger partial charge in [-0.05, 0) is 22.8 Å². The van der Waals surface area contributed by atoms with E-state index in [0.717, 1.165) is 18.7 Å². The van der Waals surface area contributed by atoms with Gasteiger partial charge in [-0.2, -0.15) is 0 Å². The Labute approximate surface area is 108 Å². The van der Waals surface area contributed by atoms with Crippen LogP contribution in [0.4, 0.5) is 4.79 Å². The predicted molar refractivity (Wildman–Crippen MR) is 69.0 cm³/mol. The fraction of sp³-hybridized carbons (Fsp3) is 0.533. The van der Waals surface area contributed by atoms with E-state index in [1.54, 1.807) is 0 Å². The Bertz CT molecular complexity index is 441. The summed E-state index contributed by atoms with van der Waals surface area (Å²) in [5, 5.41) is 0. The summed E-state index contributed by atoms with van der Waals surface area (Å²) in [4.78, 5) is 13.8. The van der Waals surface area contributed by atoms with Gasteiger partial charge in [0.25, 0.3) is 0 Å². The van der Waals surface area contributed by atoms with Crippen LogP contribution in [0.25, 0.3) is 0 Å². The quantitative estimate of drug-likeness (QED) is 0.801. The smallest absolute Gasteiger partial charge is 0.410 e. The molecule has 3 nitrogen and oxygen atoms in total. The normalized spacial score (nSPS) is 27.8. The number of amides is 1. The van der Waals surface area contributed by atoms with Crippen LogP contribution >= 0.6 is 0 Å². The van der Waals surface area contributed by atoms with Gasteiger partial charge in [0.15, 0.2) is 0 Å². The molecule has 2 aliphatic rings. The second-order valence-corrected chi connectivity index (χ2v) is 5.98. The molecule has 18 heavy (non-hydrogen) atoms. The minimum atomic E-state index is -0.165. The molecule has 0 bridgehead atoms. The number of nitrogens with zero attached hydrogens (tertiary/aromatic N) is 1. The van der Waals surface area contributed by atoms with E-state index < -0.39 is 0 Å². The molecule has 1 aliphatic carbocycles. The minimum Gasteiger partial charge on any atom is -0.445 e. The molecule has 2 atom stereocenters. The first-order chi connectivity index (χ1) is 8.59. The number of fused-ring (bicyclic) bond motifs is 1. The lowest BCUT2D eigenvalue weighted by molar-refractivity contribution is 0.0964. The zero-order valence-corrected chi connectivity index (χ0v) is 10.9. The second-order valence-electron chi connectivity index (χ2n) is 5.98. The molecule has 1 aliphatic heterocycles. The van der Waals surface area contributed by atoms with Gasteiger partial charge in [-0.1, -0.05) is 44.2 Å². The predicted octanol–water partition coefficient (Wildman–Crippen LogP) is 2.91. The Morgan fingerprint density at radius 3 is 2.50 bits per heavy atom. The van der Waals surface area contributed by atoms with Gasteiger partial charge in [-0.3, -0.25) is 0 Å². The number of carbonyl (C=O) groups is 1. The van der Waals surface area contributed by atoms with E-state index in [1.165, 1.54) is 0 Å². The van der Waals surface area contributed by atoms with E-state index in [4.69, 9.17) is 4.74 Å². The van der Waals surface area contributed by atoms with E-state index in [9.17, 15) is 4.79 Å². The minimum absolute atomic E-state index is 0.165. The molecular weight excluding hydrogens is 226 g/mol. The van der Waals surface area contributed by atoms with Crippen molar-refractivity contribution in [2.24, 2.45) is 17.3 Å². The van der Waals surface area contributed by atoms with Gasteiger partial charge >= 0.3 is 6.09 Å². The number of rotatable bonds is 2. The van der Waals surface area contributed by atoms with Crippen molar-refractivity contribution in [1.29, 1.82) is 0 Å². The van der Waals surface area contributed by atoms with Gasteiger partial charge in [0.2, 0.25) is 0 Å². The maximum absolute atomic E-state index is 11.9. The van der Waals surface area contributed by atoms with Gasteiger partial charge in [0.05, 0.1) is 0 Å². The summed E-state index contributed by atoms with van der Waals surface area (Å²) >= 11 is 0. The summed E-state index contributed by atoms with van der Waals surface area (Å²) in [6, 6.07) is 9.81. The molecule has 2 unspecified atom stereocenters. The number of hydrogen-bond donors (Lipinski definition) is 0. The SMILES string of the molecule is CC1(C)C2CN(C(=O)OCc3ccccc3)CC21. The van der Waals surface area contributed by atoms with Gasteiger partial charge < -0.3 is 9.64 Å². The highest BCUT2D eigenvalue weighted by atomic mass is 16.6. The summed E-state index contributed by atoms with van der Waals surface area (Å²) in [6.45, 7) is 6.68. The van der Waals surface area contributed by atoms with Crippen molar-refractivity contribution < 1.29 is 9.53 Å². The van der Waals surface area contributed by atoms with Gasteiger partial charge in [-0.25, -0.2) is 4.79 Å². The maximum Gasteiger partial charge on any atom is 0.410 e. The van der Waals surface area contributed by atoms with Gasteiger partial charge in [0, 0.05) is 13.1 Å². The van der Waals surface area contributed by atoms with Crippen molar-refractivity contribution in [2.75, 3.05) is 13.1 Å². The van der Waals surface area contributed by atoms with Crippen LogP contribution in [0, 0.1) is 17.3 Å². The number of ether oxygens (including phenoxy) is 1. The van der Waals surface area contributed by atoms with Crippen molar-refractivity contribution in [3.8, 4) is 0 Å². The van der Waals surface area contributed by atoms with Crippen LogP contribution in [0.2, 0.25) is 0 Å². The molecule has 1 aromatic rings. The molecule has 1 amide bonds. The molecule has 0 N–H and O–H groups in total. The summed E-state index contributed by atoms with van der Waals surface area (Å²) in [5.41, 5.74) is 1.48. The first-order valence-corrected chi connectivity index (χ1v) is 6.54. The monoisotopic (exact) mass is 245 g/mol. The molecule has 0 spiro atoms.